The monoisotopic (exact) mass is 309 g/mol. The van der Waals surface area contributed by atoms with Crippen molar-refractivity contribution in [2.24, 2.45) is 0 Å². The molecule has 16 heavy (non-hydrogen) atoms. The van der Waals surface area contributed by atoms with Crippen LogP contribution in [0.5, 0.6) is 0 Å². The summed E-state index contributed by atoms with van der Waals surface area (Å²) < 4.78 is 39.7. The van der Waals surface area contributed by atoms with Gasteiger partial charge in [0.05, 0.1) is 20.4 Å². The van der Waals surface area contributed by atoms with Crippen molar-refractivity contribution >= 4 is 38.4 Å². The number of nitrogens with zero attached hydrogens (tertiary/aromatic N) is 1. The third kappa shape index (κ3) is 1.50. The van der Waals surface area contributed by atoms with Crippen LogP contribution in [0, 0.1) is 24.4 Å². The number of benzene rings is 1. The van der Waals surface area contributed by atoms with E-state index in [1.807, 2.05) is 0 Å². The van der Waals surface area contributed by atoms with Gasteiger partial charge in [0.15, 0.2) is 17.5 Å². The molecule has 2 aromatic rings. The Kier molecular flexibility index (Phi) is 2.84. The number of rotatable bonds is 0. The largest absolute Gasteiger partial charge is 0.254 e. The molecule has 1 heterocycles. The highest BCUT2D eigenvalue weighted by molar-refractivity contribution is 9.10. The first-order chi connectivity index (χ1) is 7.45. The summed E-state index contributed by atoms with van der Waals surface area (Å²) in [7, 11) is 0. The Hall–Kier alpha value is -0.810. The molecule has 84 valence electrons. The third-order valence-electron chi connectivity index (χ3n) is 2.20. The number of hydrogen-bond acceptors (Lipinski definition) is 1. The maximum Gasteiger partial charge on any atom is 0.196 e. The Morgan fingerprint density at radius 3 is 2.44 bits per heavy atom. The van der Waals surface area contributed by atoms with Gasteiger partial charge in [-0.1, -0.05) is 11.6 Å². The molecule has 0 saturated heterocycles. The molecule has 0 aliphatic heterocycles. The molecule has 2 rings (SSSR count). The lowest BCUT2D eigenvalue weighted by Gasteiger charge is -2.08. The molecular weight excluding hydrogens is 306 g/mol. The SMILES string of the molecule is Cc1cnc2c(Br)c(F)c(F)c(F)c2c1Cl. The summed E-state index contributed by atoms with van der Waals surface area (Å²) >= 11 is 8.66. The molecule has 1 aromatic heterocycles. The zero-order chi connectivity index (χ0) is 12.0. The van der Waals surface area contributed by atoms with Crippen molar-refractivity contribution in [3.63, 3.8) is 0 Å². The summed E-state index contributed by atoms with van der Waals surface area (Å²) in [5.74, 6) is -4.19. The zero-order valence-corrected chi connectivity index (χ0v) is 10.3. The van der Waals surface area contributed by atoms with Gasteiger partial charge in [0, 0.05) is 6.20 Å². The van der Waals surface area contributed by atoms with Gasteiger partial charge in [0.2, 0.25) is 0 Å². The summed E-state index contributed by atoms with van der Waals surface area (Å²) in [6.45, 7) is 1.60. The van der Waals surface area contributed by atoms with Crippen LogP contribution in [0.25, 0.3) is 10.9 Å². The molecule has 0 N–H and O–H groups in total. The quantitative estimate of drug-likeness (QED) is 0.520. The average Bonchev–Trinajstić information content (AvgIpc) is 2.27. The Balaban J connectivity index is 3.09. The van der Waals surface area contributed by atoms with E-state index < -0.39 is 17.5 Å². The first kappa shape index (κ1) is 11.7. The van der Waals surface area contributed by atoms with Crippen LogP contribution >= 0.6 is 27.5 Å². The predicted octanol–water partition coefficient (Wildman–Crippen LogP) is 4.38. The second-order valence-electron chi connectivity index (χ2n) is 3.23. The van der Waals surface area contributed by atoms with Gasteiger partial charge in [-0.05, 0) is 28.4 Å². The van der Waals surface area contributed by atoms with E-state index in [9.17, 15) is 13.2 Å². The van der Waals surface area contributed by atoms with E-state index in [0.29, 0.717) is 5.56 Å². The van der Waals surface area contributed by atoms with E-state index in [0.717, 1.165) is 0 Å². The highest BCUT2D eigenvalue weighted by Crippen LogP contribution is 2.35. The third-order valence-corrected chi connectivity index (χ3v) is 3.41. The van der Waals surface area contributed by atoms with Crippen LogP contribution in [-0.4, -0.2) is 4.98 Å². The summed E-state index contributed by atoms with van der Waals surface area (Å²) in [5.41, 5.74) is 0.456. The van der Waals surface area contributed by atoms with E-state index in [1.54, 1.807) is 6.92 Å². The van der Waals surface area contributed by atoms with Crippen molar-refractivity contribution in [2.75, 3.05) is 0 Å². The van der Waals surface area contributed by atoms with Crippen LogP contribution in [0.2, 0.25) is 5.02 Å². The minimum atomic E-state index is -1.56. The van der Waals surface area contributed by atoms with Crippen molar-refractivity contribution in [1.82, 2.24) is 4.98 Å². The maximum absolute atomic E-state index is 13.5. The van der Waals surface area contributed by atoms with E-state index in [1.165, 1.54) is 6.20 Å². The molecule has 0 amide bonds. The van der Waals surface area contributed by atoms with Crippen molar-refractivity contribution in [2.45, 2.75) is 6.92 Å². The fourth-order valence-electron chi connectivity index (χ4n) is 1.36. The number of aromatic nitrogens is 1. The molecule has 0 radical (unpaired) electrons. The first-order valence-corrected chi connectivity index (χ1v) is 5.39. The molecule has 0 bridgehead atoms. The highest BCUT2D eigenvalue weighted by Gasteiger charge is 2.22. The van der Waals surface area contributed by atoms with E-state index in [-0.39, 0.29) is 20.4 Å². The molecule has 0 spiro atoms. The Morgan fingerprint density at radius 1 is 1.19 bits per heavy atom. The summed E-state index contributed by atoms with van der Waals surface area (Å²) in [6.07, 6.45) is 1.37. The number of pyridine rings is 1. The van der Waals surface area contributed by atoms with E-state index in [2.05, 4.69) is 20.9 Å². The van der Waals surface area contributed by atoms with Crippen LogP contribution in [-0.2, 0) is 0 Å². The zero-order valence-electron chi connectivity index (χ0n) is 7.91. The van der Waals surface area contributed by atoms with Crippen LogP contribution < -0.4 is 0 Å². The Labute approximate surface area is 102 Å². The summed E-state index contributed by atoms with van der Waals surface area (Å²) in [4.78, 5) is 3.83. The minimum Gasteiger partial charge on any atom is -0.254 e. The molecule has 0 aliphatic rings. The minimum absolute atomic E-state index is 0.0297. The molecule has 1 aromatic carbocycles. The average molecular weight is 310 g/mol. The van der Waals surface area contributed by atoms with E-state index in [4.69, 9.17) is 11.6 Å². The lowest BCUT2D eigenvalue weighted by Crippen LogP contribution is -1.98. The summed E-state index contributed by atoms with van der Waals surface area (Å²) in [5, 5.41) is -0.186. The molecule has 0 saturated carbocycles. The Bertz CT molecular complexity index is 601. The van der Waals surface area contributed by atoms with Gasteiger partial charge < -0.3 is 0 Å². The maximum atomic E-state index is 13.5. The lowest BCUT2D eigenvalue weighted by atomic mass is 10.1. The molecule has 0 aliphatic carbocycles. The highest BCUT2D eigenvalue weighted by atomic mass is 79.9. The van der Waals surface area contributed by atoms with Gasteiger partial charge in [-0.2, -0.15) is 0 Å². The second-order valence-corrected chi connectivity index (χ2v) is 4.41. The van der Waals surface area contributed by atoms with Crippen LogP contribution in [0.4, 0.5) is 13.2 Å². The smallest absolute Gasteiger partial charge is 0.196 e. The standard InChI is InChI=1S/C10H4BrClF3N/c1-3-2-16-10-4(6(3)12)7(13)9(15)8(14)5(10)11/h2H,1H3. The number of fused-ring (bicyclic) bond motifs is 1. The molecule has 1 nitrogen and oxygen atoms in total. The normalized spacial score (nSPS) is 11.1. The molecule has 0 atom stereocenters. The molecule has 0 unspecified atom stereocenters. The number of aryl methyl sites for hydroxylation is 1. The topological polar surface area (TPSA) is 12.9 Å². The first-order valence-electron chi connectivity index (χ1n) is 4.22. The van der Waals surface area contributed by atoms with Gasteiger partial charge in [0.25, 0.3) is 0 Å². The van der Waals surface area contributed by atoms with Gasteiger partial charge in [-0.25, -0.2) is 13.2 Å². The van der Waals surface area contributed by atoms with Crippen LogP contribution in [0.1, 0.15) is 5.56 Å². The lowest BCUT2D eigenvalue weighted by molar-refractivity contribution is 0.450. The van der Waals surface area contributed by atoms with Crippen molar-refractivity contribution in [1.29, 1.82) is 0 Å². The van der Waals surface area contributed by atoms with Gasteiger partial charge in [0.1, 0.15) is 0 Å². The van der Waals surface area contributed by atoms with Gasteiger partial charge in [-0.15, -0.1) is 0 Å². The fraction of sp³-hybridized carbons (Fsp3) is 0.100. The molecular formula is C10H4BrClF3N. The molecule has 0 fully saturated rings. The van der Waals surface area contributed by atoms with Gasteiger partial charge in [-0.3, -0.25) is 4.98 Å². The van der Waals surface area contributed by atoms with E-state index >= 15 is 0 Å². The fourth-order valence-corrected chi connectivity index (χ4v) is 2.05. The van der Waals surface area contributed by atoms with Crippen LogP contribution in [0.3, 0.4) is 0 Å². The van der Waals surface area contributed by atoms with Gasteiger partial charge >= 0.3 is 0 Å². The molecule has 6 heteroatoms. The summed E-state index contributed by atoms with van der Waals surface area (Å²) in [6, 6.07) is 0. The second kappa shape index (κ2) is 3.89. The predicted molar refractivity (Wildman–Crippen MR) is 59.1 cm³/mol. The number of halogens is 5. The van der Waals surface area contributed by atoms with Crippen molar-refractivity contribution < 1.29 is 13.2 Å². The number of hydrogen-bond donors (Lipinski definition) is 0. The van der Waals surface area contributed by atoms with Crippen molar-refractivity contribution in [3.8, 4) is 0 Å². The van der Waals surface area contributed by atoms with Crippen LogP contribution in [0.15, 0.2) is 10.7 Å². The Morgan fingerprint density at radius 2 is 1.81 bits per heavy atom. The van der Waals surface area contributed by atoms with Crippen molar-refractivity contribution in [3.05, 3.63) is 38.7 Å².